The minimum absolute atomic E-state index is 0.000871. The van der Waals surface area contributed by atoms with Gasteiger partial charge < -0.3 is 5.11 Å². The molecule has 6 nitrogen and oxygen atoms in total. The zero-order valence-corrected chi connectivity index (χ0v) is 15.9. The predicted molar refractivity (Wildman–Crippen MR) is 97.1 cm³/mol. The molecular weight excluding hydrogens is 354 g/mol. The highest BCUT2D eigenvalue weighted by Gasteiger charge is 2.65. The Morgan fingerprint density at radius 1 is 1.31 bits per heavy atom. The third kappa shape index (κ3) is 3.18. The second-order valence-corrected chi connectivity index (χ2v) is 9.88. The lowest BCUT2D eigenvalue weighted by Gasteiger charge is -2.36. The Hall–Kier alpha value is -1.73. The molecular formula is C19H25NO5S. The topological polar surface area (TPSA) is 101 Å². The van der Waals surface area contributed by atoms with Gasteiger partial charge >= 0.3 is 5.97 Å². The molecule has 2 N–H and O–H groups in total. The van der Waals surface area contributed by atoms with Crippen LogP contribution in [0, 0.1) is 16.7 Å². The Balaban J connectivity index is 1.79. The summed E-state index contributed by atoms with van der Waals surface area (Å²) in [5.41, 5.74) is -0.546. The van der Waals surface area contributed by atoms with Gasteiger partial charge in [0.2, 0.25) is 10.0 Å². The van der Waals surface area contributed by atoms with E-state index in [-0.39, 0.29) is 29.3 Å². The first-order valence-corrected chi connectivity index (χ1v) is 10.5. The van der Waals surface area contributed by atoms with Crippen LogP contribution < -0.4 is 4.72 Å². The molecule has 26 heavy (non-hydrogen) atoms. The minimum Gasteiger partial charge on any atom is -0.480 e. The van der Waals surface area contributed by atoms with Crippen LogP contribution in [0.2, 0.25) is 0 Å². The number of fused-ring (bicyclic) bond motifs is 2. The van der Waals surface area contributed by atoms with Gasteiger partial charge in [0.15, 0.2) is 0 Å². The Bertz CT molecular complexity index is 818. The van der Waals surface area contributed by atoms with E-state index >= 15 is 0 Å². The third-order valence-corrected chi connectivity index (χ3v) is 7.99. The van der Waals surface area contributed by atoms with Gasteiger partial charge in [0.25, 0.3) is 0 Å². The molecule has 3 atom stereocenters. The molecule has 2 aliphatic carbocycles. The Kier molecular flexibility index (Phi) is 4.73. The molecule has 2 bridgehead atoms. The van der Waals surface area contributed by atoms with Crippen molar-refractivity contribution < 1.29 is 23.1 Å². The monoisotopic (exact) mass is 379 g/mol. The van der Waals surface area contributed by atoms with E-state index in [0.29, 0.717) is 12.8 Å². The summed E-state index contributed by atoms with van der Waals surface area (Å²) < 4.78 is 27.9. The van der Waals surface area contributed by atoms with Crippen molar-refractivity contribution >= 4 is 21.8 Å². The van der Waals surface area contributed by atoms with Crippen molar-refractivity contribution in [3.63, 3.8) is 0 Å². The van der Waals surface area contributed by atoms with Crippen LogP contribution in [0.3, 0.4) is 0 Å². The molecule has 2 fully saturated rings. The number of rotatable bonds is 7. The number of sulfonamides is 1. The molecule has 7 heteroatoms. The van der Waals surface area contributed by atoms with Gasteiger partial charge in [-0.1, -0.05) is 44.2 Å². The lowest BCUT2D eigenvalue weighted by Crippen LogP contribution is -2.49. The molecule has 0 saturated heterocycles. The van der Waals surface area contributed by atoms with Crippen LogP contribution in [0.5, 0.6) is 0 Å². The molecule has 0 aliphatic heterocycles. The third-order valence-electron chi connectivity index (χ3n) is 6.48. The number of Topliss-reactive ketones (excluding diaryl/α,β-unsaturated/α-hetero) is 1. The number of hydrogen-bond donors (Lipinski definition) is 2. The number of benzene rings is 1. The summed E-state index contributed by atoms with van der Waals surface area (Å²) in [4.78, 5) is 24.1. The van der Waals surface area contributed by atoms with Crippen LogP contribution in [0.15, 0.2) is 30.3 Å². The normalized spacial score (nSPS) is 28.2. The molecule has 3 rings (SSSR count). The number of carboxylic acids is 1. The standard InChI is InChI=1S/C19H25NO5S/c1-18(2)14-8-9-19(18,16(21)11-14)12-26(24,25)20-15(17(22)23)10-13-6-4-3-5-7-13/h3-7,14-15,20H,8-12H2,1-2H3,(H,22,23). The number of carbonyl (C=O) groups is 2. The maximum Gasteiger partial charge on any atom is 0.322 e. The van der Waals surface area contributed by atoms with Gasteiger partial charge in [-0.3, -0.25) is 9.59 Å². The van der Waals surface area contributed by atoms with Gasteiger partial charge in [-0.25, -0.2) is 13.1 Å². The Labute approximate surface area is 154 Å². The SMILES string of the molecule is CC1(C)C2CCC1(CS(=O)(=O)NC(Cc1ccccc1)C(=O)O)C(=O)C2. The van der Waals surface area contributed by atoms with Crippen LogP contribution in [0.4, 0.5) is 0 Å². The maximum atomic E-state index is 12.8. The van der Waals surface area contributed by atoms with Gasteiger partial charge in [0, 0.05) is 11.8 Å². The fraction of sp³-hybridized carbons (Fsp3) is 0.579. The molecule has 2 aliphatic rings. The lowest BCUT2D eigenvalue weighted by atomic mass is 9.70. The van der Waals surface area contributed by atoms with Crippen molar-refractivity contribution in [1.82, 2.24) is 4.72 Å². The van der Waals surface area contributed by atoms with Gasteiger partial charge in [-0.05, 0) is 36.2 Å². The number of carboxylic acid groups (broad SMARTS) is 1. The van der Waals surface area contributed by atoms with Crippen molar-refractivity contribution in [2.24, 2.45) is 16.7 Å². The Morgan fingerprint density at radius 2 is 1.96 bits per heavy atom. The van der Waals surface area contributed by atoms with E-state index in [1.807, 2.05) is 19.9 Å². The summed E-state index contributed by atoms with van der Waals surface area (Å²) in [6.07, 6.45) is 1.89. The first-order valence-electron chi connectivity index (χ1n) is 8.87. The van der Waals surface area contributed by atoms with Crippen LogP contribution in [-0.4, -0.2) is 37.1 Å². The molecule has 1 aromatic rings. The summed E-state index contributed by atoms with van der Waals surface area (Å²) in [7, 11) is -3.93. The first-order chi connectivity index (χ1) is 12.1. The fourth-order valence-electron chi connectivity index (χ4n) is 4.72. The van der Waals surface area contributed by atoms with E-state index in [2.05, 4.69) is 4.72 Å². The van der Waals surface area contributed by atoms with Crippen LogP contribution in [0.1, 0.15) is 38.7 Å². The summed E-state index contributed by atoms with van der Waals surface area (Å²) in [6, 6.07) is 7.63. The summed E-state index contributed by atoms with van der Waals surface area (Å²) in [5.74, 6) is -1.35. The molecule has 2 saturated carbocycles. The van der Waals surface area contributed by atoms with Crippen molar-refractivity contribution in [3.05, 3.63) is 35.9 Å². The molecule has 3 unspecified atom stereocenters. The minimum atomic E-state index is -3.93. The van der Waals surface area contributed by atoms with Crippen molar-refractivity contribution in [2.75, 3.05) is 5.75 Å². The summed E-state index contributed by atoms with van der Waals surface area (Å²) in [6.45, 7) is 3.92. The van der Waals surface area contributed by atoms with Crippen LogP contribution in [0.25, 0.3) is 0 Å². The Morgan fingerprint density at radius 3 is 2.46 bits per heavy atom. The zero-order chi connectivity index (χ0) is 19.2. The van der Waals surface area contributed by atoms with Crippen molar-refractivity contribution in [1.29, 1.82) is 0 Å². The second-order valence-electron chi connectivity index (χ2n) is 8.12. The molecule has 0 amide bonds. The quantitative estimate of drug-likeness (QED) is 0.755. The van der Waals surface area contributed by atoms with Crippen molar-refractivity contribution in [2.45, 2.75) is 45.6 Å². The molecule has 0 radical (unpaired) electrons. The highest BCUT2D eigenvalue weighted by molar-refractivity contribution is 7.89. The first kappa shape index (κ1) is 19.0. The van der Waals surface area contributed by atoms with E-state index in [1.165, 1.54) is 0 Å². The number of carbonyl (C=O) groups excluding carboxylic acids is 1. The number of nitrogens with one attached hydrogen (secondary N) is 1. The highest BCUT2D eigenvalue weighted by Crippen LogP contribution is 2.64. The van der Waals surface area contributed by atoms with E-state index < -0.39 is 27.4 Å². The molecule has 1 aromatic carbocycles. The number of aliphatic carboxylic acids is 1. The van der Waals surface area contributed by atoms with E-state index in [9.17, 15) is 23.1 Å². The smallest absolute Gasteiger partial charge is 0.322 e. The van der Waals surface area contributed by atoms with Gasteiger partial charge in [0.1, 0.15) is 11.8 Å². The van der Waals surface area contributed by atoms with Crippen LogP contribution in [-0.2, 0) is 26.0 Å². The summed E-state index contributed by atoms with van der Waals surface area (Å²) >= 11 is 0. The zero-order valence-electron chi connectivity index (χ0n) is 15.1. The highest BCUT2D eigenvalue weighted by atomic mass is 32.2. The van der Waals surface area contributed by atoms with Gasteiger partial charge in [-0.15, -0.1) is 0 Å². The molecule has 0 spiro atoms. The van der Waals surface area contributed by atoms with Gasteiger partial charge in [-0.2, -0.15) is 0 Å². The molecule has 0 heterocycles. The van der Waals surface area contributed by atoms with E-state index in [0.717, 1.165) is 12.0 Å². The largest absolute Gasteiger partial charge is 0.480 e. The van der Waals surface area contributed by atoms with Crippen LogP contribution >= 0.6 is 0 Å². The summed E-state index contributed by atoms with van der Waals surface area (Å²) in [5, 5.41) is 9.45. The molecule has 142 valence electrons. The average Bonchev–Trinajstić information content (AvgIpc) is 2.88. The second kappa shape index (κ2) is 6.46. The van der Waals surface area contributed by atoms with E-state index in [1.54, 1.807) is 24.3 Å². The van der Waals surface area contributed by atoms with Crippen molar-refractivity contribution in [3.8, 4) is 0 Å². The lowest BCUT2D eigenvalue weighted by molar-refractivity contribution is -0.138. The average molecular weight is 379 g/mol. The predicted octanol–water partition coefficient (Wildman–Crippen LogP) is 2.00. The molecule has 0 aromatic heterocycles. The fourth-order valence-corrected chi connectivity index (χ4v) is 6.75. The number of ketones is 1. The van der Waals surface area contributed by atoms with Gasteiger partial charge in [0.05, 0.1) is 5.75 Å². The van der Waals surface area contributed by atoms with E-state index in [4.69, 9.17) is 0 Å². The number of hydrogen-bond acceptors (Lipinski definition) is 4. The maximum absolute atomic E-state index is 12.8.